The molecule has 0 fully saturated rings. The van der Waals surface area contributed by atoms with Gasteiger partial charge in [0.1, 0.15) is 4.90 Å². The zero-order valence-corrected chi connectivity index (χ0v) is 12.1. The molecule has 0 radical (unpaired) electrons. The molecule has 0 bridgehead atoms. The first-order valence-corrected chi connectivity index (χ1v) is 7.48. The molecule has 0 heterocycles. The maximum absolute atomic E-state index is 12.3. The van der Waals surface area contributed by atoms with E-state index < -0.39 is 16.0 Å². The Kier molecular flexibility index (Phi) is 4.13. The Morgan fingerprint density at radius 3 is 2.52 bits per heavy atom. The number of carbonyl (C=O) groups is 1. The van der Waals surface area contributed by atoms with Crippen LogP contribution in [0, 0.1) is 0 Å². The molecule has 0 spiro atoms. The van der Waals surface area contributed by atoms with Crippen LogP contribution in [0.15, 0.2) is 53.4 Å². The number of anilines is 2. The van der Waals surface area contributed by atoms with Crippen LogP contribution in [0.2, 0.25) is 0 Å². The Bertz CT molecular complexity index is 772. The maximum Gasteiger partial charge on any atom is 0.337 e. The van der Waals surface area contributed by atoms with Gasteiger partial charge < -0.3 is 10.5 Å². The first-order valence-electron chi connectivity index (χ1n) is 6.00. The zero-order valence-electron chi connectivity index (χ0n) is 11.2. The van der Waals surface area contributed by atoms with Crippen LogP contribution in [0.25, 0.3) is 0 Å². The molecule has 0 aliphatic heterocycles. The molecule has 2 rings (SSSR count). The van der Waals surface area contributed by atoms with Crippen LogP contribution >= 0.6 is 0 Å². The largest absolute Gasteiger partial charge is 0.465 e. The number of carbonyl (C=O) groups excluding carboxylic acids is 1. The van der Waals surface area contributed by atoms with Crippen molar-refractivity contribution in [3.63, 3.8) is 0 Å². The third-order valence-electron chi connectivity index (χ3n) is 2.74. The fourth-order valence-electron chi connectivity index (χ4n) is 1.76. The van der Waals surface area contributed by atoms with Crippen molar-refractivity contribution < 1.29 is 17.9 Å². The van der Waals surface area contributed by atoms with Crippen LogP contribution in [0.1, 0.15) is 10.4 Å². The number of nitrogens with one attached hydrogen (secondary N) is 1. The molecule has 7 heteroatoms. The topological polar surface area (TPSA) is 98.5 Å². The summed E-state index contributed by atoms with van der Waals surface area (Å²) < 4.78 is 31.5. The summed E-state index contributed by atoms with van der Waals surface area (Å²) in [7, 11) is -2.57. The molecule has 0 saturated carbocycles. The van der Waals surface area contributed by atoms with E-state index in [-0.39, 0.29) is 21.8 Å². The fourth-order valence-corrected chi connectivity index (χ4v) is 2.95. The van der Waals surface area contributed by atoms with Crippen LogP contribution in [0.4, 0.5) is 11.4 Å². The van der Waals surface area contributed by atoms with E-state index in [9.17, 15) is 13.2 Å². The second kappa shape index (κ2) is 5.84. The van der Waals surface area contributed by atoms with Gasteiger partial charge in [0.05, 0.1) is 18.4 Å². The minimum Gasteiger partial charge on any atom is -0.465 e. The highest BCUT2D eigenvalue weighted by Crippen LogP contribution is 2.21. The second-order valence-corrected chi connectivity index (χ2v) is 5.87. The Morgan fingerprint density at radius 2 is 1.86 bits per heavy atom. The Hall–Kier alpha value is -2.54. The predicted molar refractivity (Wildman–Crippen MR) is 79.4 cm³/mol. The van der Waals surface area contributed by atoms with Gasteiger partial charge in [-0.25, -0.2) is 13.2 Å². The van der Waals surface area contributed by atoms with Gasteiger partial charge in [0.15, 0.2) is 0 Å². The summed E-state index contributed by atoms with van der Waals surface area (Å²) in [5.74, 6) is -0.546. The number of sulfonamides is 1. The van der Waals surface area contributed by atoms with Gasteiger partial charge in [0.2, 0.25) is 0 Å². The van der Waals surface area contributed by atoms with Crippen molar-refractivity contribution in [2.24, 2.45) is 0 Å². The van der Waals surface area contributed by atoms with Crippen LogP contribution in [-0.4, -0.2) is 21.5 Å². The van der Waals surface area contributed by atoms with E-state index in [1.54, 1.807) is 18.2 Å². The van der Waals surface area contributed by atoms with E-state index in [2.05, 4.69) is 9.46 Å². The zero-order chi connectivity index (χ0) is 15.5. The van der Waals surface area contributed by atoms with Crippen LogP contribution in [-0.2, 0) is 14.8 Å². The van der Waals surface area contributed by atoms with Gasteiger partial charge in [-0.3, -0.25) is 4.72 Å². The first-order chi connectivity index (χ1) is 9.94. The van der Waals surface area contributed by atoms with E-state index >= 15 is 0 Å². The van der Waals surface area contributed by atoms with Crippen LogP contribution in [0.3, 0.4) is 0 Å². The standard InChI is InChI=1S/C14H14N2O4S/c1-20-14(17)10-5-4-6-11(9-10)16-21(18,19)13-8-3-2-7-12(13)15/h2-9,16H,15H2,1H3. The van der Waals surface area contributed by atoms with Crippen molar-refractivity contribution in [2.45, 2.75) is 4.90 Å². The fraction of sp³-hybridized carbons (Fsp3) is 0.0714. The summed E-state index contributed by atoms with van der Waals surface area (Å²) in [5.41, 5.74) is 6.31. The lowest BCUT2D eigenvalue weighted by atomic mass is 10.2. The summed E-state index contributed by atoms with van der Waals surface area (Å²) >= 11 is 0. The molecule has 0 amide bonds. The molecule has 0 atom stereocenters. The van der Waals surface area contributed by atoms with Gasteiger partial charge in [-0.05, 0) is 30.3 Å². The number of nitrogen functional groups attached to an aromatic ring is 1. The Morgan fingerprint density at radius 1 is 1.14 bits per heavy atom. The molecule has 0 unspecified atom stereocenters. The minimum atomic E-state index is -3.82. The highest BCUT2D eigenvalue weighted by molar-refractivity contribution is 7.92. The molecule has 0 saturated heterocycles. The summed E-state index contributed by atoms with van der Waals surface area (Å²) in [6, 6.07) is 12.1. The third kappa shape index (κ3) is 3.32. The smallest absolute Gasteiger partial charge is 0.337 e. The lowest BCUT2D eigenvalue weighted by molar-refractivity contribution is 0.0601. The second-order valence-electron chi connectivity index (χ2n) is 4.22. The maximum atomic E-state index is 12.3. The summed E-state index contributed by atoms with van der Waals surface area (Å²) in [5, 5.41) is 0. The number of para-hydroxylation sites is 1. The molecule has 0 aliphatic carbocycles. The summed E-state index contributed by atoms with van der Waals surface area (Å²) in [6.07, 6.45) is 0. The number of benzene rings is 2. The van der Waals surface area contributed by atoms with Crippen molar-refractivity contribution in [3.8, 4) is 0 Å². The number of hydrogen-bond donors (Lipinski definition) is 2. The number of methoxy groups -OCH3 is 1. The molecular weight excluding hydrogens is 292 g/mol. The summed E-state index contributed by atoms with van der Waals surface area (Å²) in [6.45, 7) is 0. The molecule has 110 valence electrons. The highest BCUT2D eigenvalue weighted by atomic mass is 32.2. The molecule has 0 aromatic heterocycles. The Labute approximate surface area is 122 Å². The molecular formula is C14H14N2O4S. The first kappa shape index (κ1) is 14.9. The molecule has 21 heavy (non-hydrogen) atoms. The normalized spacial score (nSPS) is 10.9. The van der Waals surface area contributed by atoms with E-state index in [0.29, 0.717) is 0 Å². The van der Waals surface area contributed by atoms with E-state index in [0.717, 1.165) is 0 Å². The minimum absolute atomic E-state index is 0.0199. The van der Waals surface area contributed by atoms with Gasteiger partial charge in [0.25, 0.3) is 10.0 Å². The third-order valence-corrected chi connectivity index (χ3v) is 4.20. The molecule has 2 aromatic carbocycles. The molecule has 3 N–H and O–H groups in total. The van der Waals surface area contributed by atoms with Gasteiger partial charge in [-0.2, -0.15) is 0 Å². The monoisotopic (exact) mass is 306 g/mol. The number of ether oxygens (including phenoxy) is 1. The van der Waals surface area contributed by atoms with Crippen molar-refractivity contribution in [2.75, 3.05) is 17.6 Å². The number of hydrogen-bond acceptors (Lipinski definition) is 5. The van der Waals surface area contributed by atoms with Gasteiger partial charge >= 0.3 is 5.97 Å². The quantitative estimate of drug-likeness (QED) is 0.663. The van der Waals surface area contributed by atoms with Crippen molar-refractivity contribution in [3.05, 3.63) is 54.1 Å². The van der Waals surface area contributed by atoms with Crippen molar-refractivity contribution >= 4 is 27.4 Å². The Balaban J connectivity index is 2.34. The SMILES string of the molecule is COC(=O)c1cccc(NS(=O)(=O)c2ccccc2N)c1. The number of rotatable bonds is 4. The number of nitrogens with two attached hydrogens (primary N) is 1. The molecule has 6 nitrogen and oxygen atoms in total. The van der Waals surface area contributed by atoms with Gasteiger partial charge in [-0.1, -0.05) is 18.2 Å². The predicted octanol–water partition coefficient (Wildman–Crippen LogP) is 1.86. The van der Waals surface area contributed by atoms with Gasteiger partial charge in [0, 0.05) is 5.69 Å². The lowest BCUT2D eigenvalue weighted by Crippen LogP contribution is -2.15. The molecule has 2 aromatic rings. The van der Waals surface area contributed by atoms with Crippen LogP contribution < -0.4 is 10.5 Å². The van der Waals surface area contributed by atoms with Crippen molar-refractivity contribution in [1.29, 1.82) is 0 Å². The van der Waals surface area contributed by atoms with Crippen LogP contribution in [0.5, 0.6) is 0 Å². The van der Waals surface area contributed by atoms with E-state index in [4.69, 9.17) is 5.73 Å². The van der Waals surface area contributed by atoms with E-state index in [1.807, 2.05) is 0 Å². The number of esters is 1. The van der Waals surface area contributed by atoms with Crippen molar-refractivity contribution in [1.82, 2.24) is 0 Å². The highest BCUT2D eigenvalue weighted by Gasteiger charge is 2.17. The average Bonchev–Trinajstić information content (AvgIpc) is 2.46. The lowest BCUT2D eigenvalue weighted by Gasteiger charge is -2.10. The van der Waals surface area contributed by atoms with E-state index in [1.165, 1.54) is 37.4 Å². The summed E-state index contributed by atoms with van der Waals surface area (Å²) in [4.78, 5) is 11.4. The average molecular weight is 306 g/mol. The molecule has 0 aliphatic rings. The van der Waals surface area contributed by atoms with Gasteiger partial charge in [-0.15, -0.1) is 0 Å².